The molecule has 0 saturated heterocycles. The summed E-state index contributed by atoms with van der Waals surface area (Å²) in [5.74, 6) is 0. The van der Waals surface area contributed by atoms with Crippen LogP contribution in [-0.4, -0.2) is 0 Å². The molecule has 0 N–H and O–H groups in total. The summed E-state index contributed by atoms with van der Waals surface area (Å²) in [6.07, 6.45) is 0. The van der Waals surface area contributed by atoms with Gasteiger partial charge in [-0.3, -0.25) is 0 Å². The summed E-state index contributed by atoms with van der Waals surface area (Å²) in [7, 11) is 24.4. The summed E-state index contributed by atoms with van der Waals surface area (Å²) >= 11 is -1.65. The van der Waals surface area contributed by atoms with Gasteiger partial charge < -0.3 is 0 Å². The van der Waals surface area contributed by atoms with Crippen molar-refractivity contribution in [2.24, 2.45) is 0 Å². The van der Waals surface area contributed by atoms with Crippen molar-refractivity contribution >= 4 is 42.4 Å². The summed E-state index contributed by atoms with van der Waals surface area (Å²) in [5.41, 5.74) is 0. The third-order valence-electron chi connectivity index (χ3n) is 0. The number of rotatable bonds is 0. The van der Waals surface area contributed by atoms with Crippen molar-refractivity contribution in [3.63, 3.8) is 0 Å². The monoisotopic (exact) mass is 322 g/mol. The molecule has 0 radical (unpaired) electrons. The fraction of sp³-hybridized carbons (Fsp3) is 0. The zero-order valence-electron chi connectivity index (χ0n) is 2.78. The van der Waals surface area contributed by atoms with E-state index in [4.69, 9.17) is 42.4 Å². The van der Waals surface area contributed by atoms with Crippen LogP contribution < -0.4 is 0 Å². The Hall–Kier alpha value is 3.05. The predicted octanol–water partition coefficient (Wildman–Crippen LogP) is 3.44. The van der Waals surface area contributed by atoms with Gasteiger partial charge in [0.25, 0.3) is 0 Å². The van der Waals surface area contributed by atoms with Gasteiger partial charge in [-0.25, -0.2) is 0 Å². The molecule has 0 amide bonds. The van der Waals surface area contributed by atoms with Crippen molar-refractivity contribution < 1.29 is 36.0 Å². The van der Waals surface area contributed by atoms with E-state index in [0.29, 0.717) is 12.7 Å². The van der Waals surface area contributed by atoms with Crippen LogP contribution in [0.5, 0.6) is 0 Å². The summed E-state index contributed by atoms with van der Waals surface area (Å²) in [6, 6.07) is 0. The molecule has 0 bridgehead atoms. The third kappa shape index (κ3) is 48.4. The minimum atomic E-state index is -2.22. The van der Waals surface area contributed by atoms with Crippen LogP contribution in [0.1, 0.15) is 0 Å². The Kier molecular flexibility index (Phi) is 21.4. The molecule has 0 aromatic rings. The fourth-order valence-corrected chi connectivity index (χ4v) is 0. The molecule has 0 aliphatic heterocycles. The first-order chi connectivity index (χ1) is 3.15. The topological polar surface area (TPSA) is 0 Å². The number of hydrogen-bond acceptors (Lipinski definition) is 0. The fourth-order valence-electron chi connectivity index (χ4n) is 0. The van der Waals surface area contributed by atoms with E-state index >= 15 is 0 Å². The van der Waals surface area contributed by atoms with Crippen molar-refractivity contribution in [3.05, 3.63) is 0 Å². The maximum absolute atomic E-state index is 5.02. The molecule has 0 aliphatic rings. The number of halogens is 5. The molecule has 0 aromatic heterocycles. The molecule has 0 rings (SSSR count). The Bertz CT molecular complexity index is 19.3. The molecule has 0 spiro atoms. The van der Waals surface area contributed by atoms with E-state index in [2.05, 4.69) is 0 Å². The van der Waals surface area contributed by atoms with Crippen molar-refractivity contribution in [1.29, 1.82) is 0 Å². The van der Waals surface area contributed by atoms with Crippen molar-refractivity contribution in [1.82, 2.24) is 0 Å². The summed E-state index contributed by atoms with van der Waals surface area (Å²) < 4.78 is 0. The SMILES string of the molecule is [Cl][Ni][Cl].[Cl][Y]([Cl])[Cl]. The van der Waals surface area contributed by atoms with Crippen LogP contribution in [0.3, 0.4) is 0 Å². The standard InChI is InChI=1S/5ClH.Ni.Y/h5*1H;;/q;;;;;+2;+3/p-5. The maximum atomic E-state index is 5.02. The van der Waals surface area contributed by atoms with Gasteiger partial charge in [0.15, 0.2) is 0 Å². The van der Waals surface area contributed by atoms with Gasteiger partial charge in [-0.15, -0.1) is 0 Å². The van der Waals surface area contributed by atoms with Crippen molar-refractivity contribution in [3.8, 4) is 0 Å². The molecule has 0 nitrogen and oxygen atoms in total. The molecule has 7 heteroatoms. The van der Waals surface area contributed by atoms with E-state index in [1.54, 1.807) is 0 Å². The molecule has 0 aromatic carbocycles. The van der Waals surface area contributed by atoms with Gasteiger partial charge in [0, 0.05) is 0 Å². The van der Waals surface area contributed by atoms with E-state index in [1.807, 2.05) is 0 Å². The third-order valence-corrected chi connectivity index (χ3v) is 0. The first-order valence-corrected chi connectivity index (χ1v) is 14.6. The van der Waals surface area contributed by atoms with Gasteiger partial charge in [0.2, 0.25) is 0 Å². The van der Waals surface area contributed by atoms with Gasteiger partial charge in [0.1, 0.15) is 0 Å². The van der Waals surface area contributed by atoms with E-state index in [1.165, 1.54) is 0 Å². The molecule has 0 fully saturated rings. The van der Waals surface area contributed by atoms with Gasteiger partial charge in [-0.05, 0) is 0 Å². The van der Waals surface area contributed by atoms with Crippen LogP contribution in [0.2, 0.25) is 0 Å². The zero-order valence-corrected chi connectivity index (χ0v) is 10.4. The van der Waals surface area contributed by atoms with Crippen LogP contribution in [-0.2, 0) is 36.0 Å². The second-order valence-corrected chi connectivity index (χ2v) is 14.9. The van der Waals surface area contributed by atoms with E-state index in [0.717, 1.165) is 0 Å². The Morgan fingerprint density at radius 2 is 1.00 bits per heavy atom. The van der Waals surface area contributed by atoms with E-state index in [-0.39, 0.29) is 0 Å². The quantitative estimate of drug-likeness (QED) is 0.599. The Morgan fingerprint density at radius 3 is 1.00 bits per heavy atom. The molecule has 0 heterocycles. The van der Waals surface area contributed by atoms with Gasteiger partial charge in [-0.1, -0.05) is 0 Å². The van der Waals surface area contributed by atoms with Crippen LogP contribution in [0.25, 0.3) is 0 Å². The molecule has 0 saturated carbocycles. The Labute approximate surface area is 76.7 Å². The normalized spacial score (nSPS) is 7.00. The Morgan fingerprint density at radius 1 is 1.00 bits per heavy atom. The van der Waals surface area contributed by atoms with Crippen molar-refractivity contribution in [2.45, 2.75) is 0 Å². The second kappa shape index (κ2) is 11.8. The summed E-state index contributed by atoms with van der Waals surface area (Å²) in [6.45, 7) is 0. The molecule has 0 unspecified atom stereocenters. The van der Waals surface area contributed by atoms with Crippen LogP contribution in [0.4, 0.5) is 0 Å². The van der Waals surface area contributed by atoms with Crippen LogP contribution in [0.15, 0.2) is 0 Å². The summed E-state index contributed by atoms with van der Waals surface area (Å²) in [4.78, 5) is 0. The average Bonchev–Trinajstić information content (AvgIpc) is 1.33. The van der Waals surface area contributed by atoms with Gasteiger partial charge in [-0.2, -0.15) is 0 Å². The molecule has 48 valence electrons. The molecule has 0 atom stereocenters. The van der Waals surface area contributed by atoms with E-state index in [9.17, 15) is 0 Å². The van der Waals surface area contributed by atoms with Gasteiger partial charge in [0.05, 0.1) is 0 Å². The first kappa shape index (κ1) is 12.7. The average molecular weight is 325 g/mol. The van der Waals surface area contributed by atoms with Crippen LogP contribution in [0, 0.1) is 0 Å². The minimum absolute atomic E-state index is 0.569. The molecule has 7 heavy (non-hydrogen) atoms. The summed E-state index contributed by atoms with van der Waals surface area (Å²) in [5, 5.41) is 0. The van der Waals surface area contributed by atoms with E-state index < -0.39 is 23.3 Å². The molecular formula is Cl5NiY. The molecular weight excluding hydrogens is 325 g/mol. The number of hydrogen-bond donors (Lipinski definition) is 0. The van der Waals surface area contributed by atoms with Crippen molar-refractivity contribution in [2.75, 3.05) is 0 Å². The predicted molar refractivity (Wildman–Crippen MR) is 29.3 cm³/mol. The van der Waals surface area contributed by atoms with Gasteiger partial charge >= 0.3 is 78.4 Å². The van der Waals surface area contributed by atoms with Crippen LogP contribution >= 0.6 is 42.4 Å². The Balaban J connectivity index is 0. The zero-order chi connectivity index (χ0) is 6.28. The first-order valence-electron chi connectivity index (χ1n) is 0.894. The molecule has 0 aliphatic carbocycles. The second-order valence-electron chi connectivity index (χ2n) is 0.293.